The van der Waals surface area contributed by atoms with Gasteiger partial charge in [0.25, 0.3) is 0 Å². The second-order valence-electron chi connectivity index (χ2n) is 3.90. The average Bonchev–Trinajstić information content (AvgIpc) is 2.32. The molecule has 1 aromatic carbocycles. The van der Waals surface area contributed by atoms with Gasteiger partial charge in [0.1, 0.15) is 6.54 Å². The number of nitrogens with zero attached hydrogens (tertiary/aromatic N) is 1. The Morgan fingerprint density at radius 1 is 1.53 bits per heavy atom. The number of fused-ring (bicyclic) bond motifs is 1. The van der Waals surface area contributed by atoms with Crippen LogP contribution < -0.4 is 16.9 Å². The topological polar surface area (TPSA) is 84.4 Å². The first kappa shape index (κ1) is 11.8. The fraction of sp³-hybridized carbons (Fsp3) is 0.182. The highest BCUT2D eigenvalue weighted by Crippen LogP contribution is 2.31. The van der Waals surface area contributed by atoms with Crippen LogP contribution in [0.1, 0.15) is 12.5 Å². The molecule has 0 saturated carbocycles. The molecule has 1 aliphatic heterocycles. The van der Waals surface area contributed by atoms with Gasteiger partial charge in [-0.15, -0.1) is 0 Å². The molecule has 5 N–H and O–H groups in total. The number of allylic oxidation sites excluding steroid dienone is 1. The van der Waals surface area contributed by atoms with Crippen LogP contribution in [0.3, 0.4) is 0 Å². The maximum atomic E-state index is 11.6. The van der Waals surface area contributed by atoms with Crippen LogP contribution in [0.15, 0.2) is 23.9 Å². The summed E-state index contributed by atoms with van der Waals surface area (Å²) in [7, 11) is 0. The molecule has 1 amide bonds. The molecule has 0 aromatic heterocycles. The van der Waals surface area contributed by atoms with E-state index in [1.165, 1.54) is 5.01 Å². The number of hydrogen-bond donors (Lipinski definition) is 3. The number of hydrazine groups is 1. The molecule has 0 atom stereocenters. The van der Waals surface area contributed by atoms with Crippen molar-refractivity contribution in [2.45, 2.75) is 6.92 Å². The summed E-state index contributed by atoms with van der Waals surface area (Å²) >= 11 is 5.95. The van der Waals surface area contributed by atoms with Crippen LogP contribution in [0.5, 0.6) is 0 Å². The Hall–Kier alpha value is -1.72. The zero-order chi connectivity index (χ0) is 12.6. The quantitative estimate of drug-likeness (QED) is 0.604. The first-order valence-electron chi connectivity index (χ1n) is 5.07. The summed E-state index contributed by atoms with van der Waals surface area (Å²) in [6.07, 6.45) is 0. The van der Waals surface area contributed by atoms with E-state index in [0.29, 0.717) is 22.1 Å². The van der Waals surface area contributed by atoms with E-state index in [-0.39, 0.29) is 12.5 Å². The number of carbonyl (C=O) groups excluding carboxylic acids is 1. The van der Waals surface area contributed by atoms with Gasteiger partial charge in [0, 0.05) is 16.3 Å². The second-order valence-corrected chi connectivity index (χ2v) is 4.33. The molecule has 1 heterocycles. The molecular weight excluding hydrogens is 240 g/mol. The van der Waals surface area contributed by atoms with E-state index >= 15 is 0 Å². The van der Waals surface area contributed by atoms with Crippen molar-refractivity contribution in [2.75, 3.05) is 11.9 Å². The monoisotopic (exact) mass is 252 g/mol. The molecule has 0 saturated heterocycles. The number of benzene rings is 1. The largest absolute Gasteiger partial charge is 0.401 e. The van der Waals surface area contributed by atoms with Gasteiger partial charge in [0.15, 0.2) is 0 Å². The van der Waals surface area contributed by atoms with Gasteiger partial charge in [-0.1, -0.05) is 11.6 Å². The van der Waals surface area contributed by atoms with Crippen molar-refractivity contribution in [3.05, 3.63) is 34.5 Å². The van der Waals surface area contributed by atoms with Crippen molar-refractivity contribution in [2.24, 2.45) is 11.6 Å². The molecule has 0 unspecified atom stereocenters. The van der Waals surface area contributed by atoms with Crippen molar-refractivity contribution >= 4 is 28.9 Å². The molecule has 1 aromatic rings. The maximum Gasteiger partial charge on any atom is 0.245 e. The Balaban J connectivity index is 2.67. The number of rotatable bonds is 0. The van der Waals surface area contributed by atoms with E-state index in [0.717, 1.165) is 5.56 Å². The van der Waals surface area contributed by atoms with Gasteiger partial charge in [-0.25, -0.2) is 5.84 Å². The van der Waals surface area contributed by atoms with Crippen LogP contribution in [-0.2, 0) is 4.79 Å². The lowest BCUT2D eigenvalue weighted by Gasteiger charge is -2.20. The lowest BCUT2D eigenvalue weighted by atomic mass is 10.1. The standard InChI is InChI=1S/C11H13ClN4O/c1-6(13)11-8-4-7(12)2-3-9(8)15-10(17)5-16(11)14/h2-4H,5,13-14H2,1H3,(H,15,17)/b11-6-. The number of halogens is 1. The van der Waals surface area contributed by atoms with Crippen LogP contribution in [0.25, 0.3) is 5.70 Å². The molecule has 0 aliphatic carbocycles. The summed E-state index contributed by atoms with van der Waals surface area (Å²) in [6.45, 7) is 1.78. The fourth-order valence-corrected chi connectivity index (χ4v) is 2.01. The summed E-state index contributed by atoms with van der Waals surface area (Å²) < 4.78 is 0. The third-order valence-corrected chi connectivity index (χ3v) is 2.72. The van der Waals surface area contributed by atoms with Gasteiger partial charge in [0.05, 0.1) is 11.4 Å². The minimum absolute atomic E-state index is 0.0518. The highest BCUT2D eigenvalue weighted by Gasteiger charge is 2.22. The van der Waals surface area contributed by atoms with Crippen molar-refractivity contribution in [3.63, 3.8) is 0 Å². The first-order chi connectivity index (χ1) is 7.99. The smallest absolute Gasteiger partial charge is 0.245 e. The van der Waals surface area contributed by atoms with Gasteiger partial charge in [-0.05, 0) is 25.1 Å². The third-order valence-electron chi connectivity index (χ3n) is 2.49. The van der Waals surface area contributed by atoms with Crippen molar-refractivity contribution in [3.8, 4) is 0 Å². The predicted molar refractivity (Wildman–Crippen MR) is 67.8 cm³/mol. The molecule has 5 nitrogen and oxygen atoms in total. The highest BCUT2D eigenvalue weighted by atomic mass is 35.5. The molecule has 6 heteroatoms. The van der Waals surface area contributed by atoms with Gasteiger partial charge < -0.3 is 11.1 Å². The summed E-state index contributed by atoms with van der Waals surface area (Å²) in [5, 5.41) is 4.64. The number of hydrogen-bond acceptors (Lipinski definition) is 4. The molecule has 0 spiro atoms. The Kier molecular flexibility index (Phi) is 2.95. The first-order valence-corrected chi connectivity index (χ1v) is 5.45. The van der Waals surface area contributed by atoms with Crippen LogP contribution in [0, 0.1) is 0 Å². The zero-order valence-corrected chi connectivity index (χ0v) is 10.1. The van der Waals surface area contributed by atoms with Gasteiger partial charge in [-0.2, -0.15) is 0 Å². The number of carbonyl (C=O) groups is 1. The van der Waals surface area contributed by atoms with Gasteiger partial charge >= 0.3 is 0 Å². The average molecular weight is 253 g/mol. The fourth-order valence-electron chi connectivity index (χ4n) is 1.84. The SMILES string of the molecule is C/C(N)=C1\c2cc(Cl)ccc2NC(=O)CN1N. The van der Waals surface area contributed by atoms with Crippen LogP contribution in [0.4, 0.5) is 5.69 Å². The Morgan fingerprint density at radius 2 is 2.24 bits per heavy atom. The lowest BCUT2D eigenvalue weighted by molar-refractivity contribution is -0.116. The summed E-state index contributed by atoms with van der Waals surface area (Å²) in [5.41, 5.74) is 8.35. The molecule has 2 rings (SSSR count). The van der Waals surface area contributed by atoms with E-state index in [1.807, 2.05) is 0 Å². The molecule has 0 fully saturated rings. The Bertz CT molecular complexity index is 508. The minimum atomic E-state index is -0.188. The van der Waals surface area contributed by atoms with E-state index < -0.39 is 0 Å². The summed E-state index contributed by atoms with van der Waals surface area (Å²) in [4.78, 5) is 11.6. The van der Waals surface area contributed by atoms with Crippen molar-refractivity contribution in [1.82, 2.24) is 5.01 Å². The number of amides is 1. The third kappa shape index (κ3) is 2.20. The number of nitrogens with one attached hydrogen (secondary N) is 1. The van der Waals surface area contributed by atoms with E-state index in [4.69, 9.17) is 23.2 Å². The van der Waals surface area contributed by atoms with Crippen molar-refractivity contribution < 1.29 is 4.79 Å². The van der Waals surface area contributed by atoms with Crippen molar-refractivity contribution in [1.29, 1.82) is 0 Å². The highest BCUT2D eigenvalue weighted by molar-refractivity contribution is 6.31. The summed E-state index contributed by atoms with van der Waals surface area (Å²) in [6, 6.07) is 5.17. The molecule has 0 bridgehead atoms. The second kappa shape index (κ2) is 4.27. The number of nitrogens with two attached hydrogens (primary N) is 2. The van der Waals surface area contributed by atoms with Gasteiger partial charge in [0.2, 0.25) is 5.91 Å². The molecule has 1 aliphatic rings. The zero-order valence-electron chi connectivity index (χ0n) is 9.33. The van der Waals surface area contributed by atoms with E-state index in [9.17, 15) is 4.79 Å². The van der Waals surface area contributed by atoms with E-state index in [2.05, 4.69) is 5.32 Å². The molecule has 0 radical (unpaired) electrons. The van der Waals surface area contributed by atoms with E-state index in [1.54, 1.807) is 25.1 Å². The Morgan fingerprint density at radius 3 is 2.88 bits per heavy atom. The van der Waals surface area contributed by atoms with Crippen LogP contribution >= 0.6 is 11.6 Å². The maximum absolute atomic E-state index is 11.6. The van der Waals surface area contributed by atoms with Crippen LogP contribution in [-0.4, -0.2) is 17.5 Å². The summed E-state index contributed by atoms with van der Waals surface area (Å²) in [5.74, 6) is 5.64. The normalized spacial score (nSPS) is 18.3. The lowest BCUT2D eigenvalue weighted by Crippen LogP contribution is -2.35. The molecular formula is C11H13ClN4O. The van der Waals surface area contributed by atoms with Crippen LogP contribution in [0.2, 0.25) is 5.02 Å². The Labute approximate surface area is 104 Å². The minimum Gasteiger partial charge on any atom is -0.401 e. The van der Waals surface area contributed by atoms with Gasteiger partial charge in [-0.3, -0.25) is 9.80 Å². The molecule has 17 heavy (non-hydrogen) atoms. The predicted octanol–water partition coefficient (Wildman–Crippen LogP) is 1.12. The number of anilines is 1. The molecule has 90 valence electrons.